The topological polar surface area (TPSA) is 12.5 Å². The van der Waals surface area contributed by atoms with E-state index in [-0.39, 0.29) is 6.10 Å². The highest BCUT2D eigenvalue weighted by Gasteiger charge is 2.24. The molecule has 1 unspecified atom stereocenters. The van der Waals surface area contributed by atoms with Crippen molar-refractivity contribution in [1.82, 2.24) is 4.90 Å². The van der Waals surface area contributed by atoms with Gasteiger partial charge in [0.25, 0.3) is 0 Å². The quantitative estimate of drug-likeness (QED) is 0.807. The maximum atomic E-state index is 6.45. The van der Waals surface area contributed by atoms with Gasteiger partial charge in [0.15, 0.2) is 0 Å². The summed E-state index contributed by atoms with van der Waals surface area (Å²) in [5, 5.41) is 0.806. The van der Waals surface area contributed by atoms with E-state index in [0.717, 1.165) is 29.5 Å². The number of likely N-dealkylation sites (N-methyl/N-ethyl adjacent to an activating group) is 1. The van der Waals surface area contributed by atoms with Gasteiger partial charge in [0.1, 0.15) is 0 Å². The highest BCUT2D eigenvalue weighted by Crippen LogP contribution is 2.44. The van der Waals surface area contributed by atoms with Crippen LogP contribution in [0.4, 0.5) is 0 Å². The van der Waals surface area contributed by atoms with Gasteiger partial charge in [0, 0.05) is 22.8 Å². The fourth-order valence-corrected chi connectivity index (χ4v) is 4.03. The van der Waals surface area contributed by atoms with Gasteiger partial charge >= 0.3 is 0 Å². The van der Waals surface area contributed by atoms with Crippen LogP contribution >= 0.6 is 23.4 Å². The molecule has 0 aromatic heterocycles. The summed E-state index contributed by atoms with van der Waals surface area (Å²) in [6.45, 7) is 1.64. The third-order valence-corrected chi connectivity index (χ3v) is 5.50. The largest absolute Gasteiger partial charge is 0.372 e. The maximum Gasteiger partial charge on any atom is 0.0877 e. The molecular weight excluding hydrogens is 314 g/mol. The van der Waals surface area contributed by atoms with Crippen molar-refractivity contribution in [1.29, 1.82) is 0 Å². The minimum Gasteiger partial charge on any atom is -0.372 e. The van der Waals surface area contributed by atoms with Crippen molar-refractivity contribution in [2.75, 3.05) is 27.2 Å². The minimum atomic E-state index is 0.0600. The molecule has 0 bridgehead atoms. The van der Waals surface area contributed by atoms with Gasteiger partial charge in [-0.05, 0) is 37.4 Å². The minimum absolute atomic E-state index is 0.0600. The van der Waals surface area contributed by atoms with Crippen LogP contribution in [0.3, 0.4) is 0 Å². The normalized spacial score (nSPS) is 17.0. The summed E-state index contributed by atoms with van der Waals surface area (Å²) in [6.07, 6.45) is 0.953. The molecule has 0 aliphatic carbocycles. The summed E-state index contributed by atoms with van der Waals surface area (Å²) in [6, 6.07) is 14.6. The van der Waals surface area contributed by atoms with Gasteiger partial charge in [-0.3, -0.25) is 0 Å². The van der Waals surface area contributed by atoms with E-state index in [1.54, 1.807) is 11.8 Å². The number of hydrogen-bond donors (Lipinski definition) is 0. The molecule has 22 heavy (non-hydrogen) atoms. The van der Waals surface area contributed by atoms with E-state index in [2.05, 4.69) is 49.3 Å². The monoisotopic (exact) mass is 333 g/mol. The first-order valence-corrected chi connectivity index (χ1v) is 8.65. The van der Waals surface area contributed by atoms with Crippen LogP contribution in [0.15, 0.2) is 52.3 Å². The Balaban J connectivity index is 1.94. The Bertz CT molecular complexity index is 659. The van der Waals surface area contributed by atoms with Gasteiger partial charge in [-0.2, -0.15) is 0 Å². The van der Waals surface area contributed by atoms with Gasteiger partial charge < -0.3 is 9.64 Å². The molecule has 116 valence electrons. The Hall–Kier alpha value is -1.00. The molecule has 2 aromatic carbocycles. The van der Waals surface area contributed by atoms with Crippen molar-refractivity contribution < 1.29 is 4.74 Å². The number of ether oxygens (including phenoxy) is 1. The average Bonchev–Trinajstić information content (AvgIpc) is 2.65. The third-order valence-electron chi connectivity index (χ3n) is 3.79. The molecule has 4 heteroatoms. The summed E-state index contributed by atoms with van der Waals surface area (Å²) >= 11 is 8.20. The number of hydrogen-bond acceptors (Lipinski definition) is 3. The zero-order chi connectivity index (χ0) is 15.5. The van der Waals surface area contributed by atoms with Crippen LogP contribution in [-0.4, -0.2) is 32.1 Å². The molecule has 0 amide bonds. The lowest BCUT2D eigenvalue weighted by Crippen LogP contribution is -2.20. The number of benzene rings is 2. The maximum absolute atomic E-state index is 6.45. The van der Waals surface area contributed by atoms with Crippen LogP contribution in [0, 0.1) is 0 Å². The van der Waals surface area contributed by atoms with E-state index in [1.165, 1.54) is 16.0 Å². The second-order valence-electron chi connectivity index (χ2n) is 5.73. The SMILES string of the molecule is CN(C)CCOC1Cc2ccccc2Sc2c(Cl)cccc21. The Morgan fingerprint density at radius 2 is 2.00 bits per heavy atom. The van der Waals surface area contributed by atoms with Gasteiger partial charge in [0.2, 0.25) is 0 Å². The van der Waals surface area contributed by atoms with Gasteiger partial charge in [-0.25, -0.2) is 0 Å². The van der Waals surface area contributed by atoms with Crippen molar-refractivity contribution in [2.45, 2.75) is 22.3 Å². The van der Waals surface area contributed by atoms with Crippen LogP contribution < -0.4 is 0 Å². The number of halogens is 1. The molecule has 0 N–H and O–H groups in total. The van der Waals surface area contributed by atoms with Crippen molar-refractivity contribution in [3.8, 4) is 0 Å². The lowest BCUT2D eigenvalue weighted by atomic mass is 10.0. The molecule has 0 saturated heterocycles. The molecule has 1 aliphatic rings. The lowest BCUT2D eigenvalue weighted by molar-refractivity contribution is 0.0420. The summed E-state index contributed by atoms with van der Waals surface area (Å²) in [4.78, 5) is 4.54. The van der Waals surface area contributed by atoms with Gasteiger partial charge in [-0.15, -0.1) is 0 Å². The van der Waals surface area contributed by atoms with Crippen LogP contribution in [0.25, 0.3) is 0 Å². The van der Waals surface area contributed by atoms with Crippen molar-refractivity contribution >= 4 is 23.4 Å². The van der Waals surface area contributed by atoms with E-state index in [9.17, 15) is 0 Å². The Morgan fingerprint density at radius 3 is 2.82 bits per heavy atom. The Labute approximate surface area is 141 Å². The molecule has 3 rings (SSSR count). The molecule has 0 saturated carbocycles. The second-order valence-corrected chi connectivity index (χ2v) is 7.19. The van der Waals surface area contributed by atoms with Crippen LogP contribution in [-0.2, 0) is 11.2 Å². The molecule has 0 fully saturated rings. The van der Waals surface area contributed by atoms with Crippen LogP contribution in [0.1, 0.15) is 17.2 Å². The lowest BCUT2D eigenvalue weighted by Gasteiger charge is -2.20. The Kier molecular flexibility index (Phi) is 5.09. The van der Waals surface area contributed by atoms with E-state index >= 15 is 0 Å². The summed E-state index contributed by atoms with van der Waals surface area (Å²) in [5.74, 6) is 0. The van der Waals surface area contributed by atoms with Gasteiger partial charge in [0.05, 0.1) is 17.7 Å². The van der Waals surface area contributed by atoms with E-state index in [1.807, 2.05) is 12.1 Å². The molecule has 1 heterocycles. The first kappa shape index (κ1) is 15.9. The zero-order valence-electron chi connectivity index (χ0n) is 12.9. The summed E-state index contributed by atoms with van der Waals surface area (Å²) in [5.41, 5.74) is 2.53. The highest BCUT2D eigenvalue weighted by molar-refractivity contribution is 7.99. The van der Waals surface area contributed by atoms with E-state index < -0.39 is 0 Å². The predicted molar refractivity (Wildman–Crippen MR) is 93.0 cm³/mol. The van der Waals surface area contributed by atoms with Gasteiger partial charge in [-0.1, -0.05) is 53.7 Å². The number of nitrogens with zero attached hydrogens (tertiary/aromatic N) is 1. The predicted octanol–water partition coefficient (Wildman–Crippen LogP) is 4.67. The van der Waals surface area contributed by atoms with Crippen molar-refractivity contribution in [3.63, 3.8) is 0 Å². The molecular formula is C18H20ClNOS. The van der Waals surface area contributed by atoms with Crippen LogP contribution in [0.5, 0.6) is 0 Å². The van der Waals surface area contributed by atoms with E-state index in [0.29, 0.717) is 0 Å². The van der Waals surface area contributed by atoms with Crippen LogP contribution in [0.2, 0.25) is 5.02 Å². The summed E-state index contributed by atoms with van der Waals surface area (Å²) < 4.78 is 6.20. The standard InChI is InChI=1S/C18H20ClNOS/c1-20(2)10-11-21-16-12-13-6-3-4-9-17(13)22-18-14(16)7-5-8-15(18)19/h3-9,16H,10-12H2,1-2H3. The number of rotatable bonds is 4. The summed E-state index contributed by atoms with van der Waals surface area (Å²) in [7, 11) is 4.12. The molecule has 0 spiro atoms. The number of fused-ring (bicyclic) bond motifs is 2. The first-order valence-electron chi connectivity index (χ1n) is 7.45. The average molecular weight is 334 g/mol. The molecule has 1 aliphatic heterocycles. The molecule has 0 radical (unpaired) electrons. The van der Waals surface area contributed by atoms with Crippen molar-refractivity contribution in [3.05, 3.63) is 58.6 Å². The van der Waals surface area contributed by atoms with Crippen molar-refractivity contribution in [2.24, 2.45) is 0 Å². The fourth-order valence-electron chi connectivity index (χ4n) is 2.60. The molecule has 1 atom stereocenters. The molecule has 2 nitrogen and oxygen atoms in total. The third kappa shape index (κ3) is 3.49. The fraction of sp³-hybridized carbons (Fsp3) is 0.333. The first-order chi connectivity index (χ1) is 10.6. The Morgan fingerprint density at radius 1 is 1.18 bits per heavy atom. The highest BCUT2D eigenvalue weighted by atomic mass is 35.5. The second kappa shape index (κ2) is 7.05. The van der Waals surface area contributed by atoms with E-state index in [4.69, 9.17) is 16.3 Å². The molecule has 2 aromatic rings. The smallest absolute Gasteiger partial charge is 0.0877 e. The zero-order valence-corrected chi connectivity index (χ0v) is 14.5.